The smallest absolute Gasteiger partial charge is 0.0877 e. The topological polar surface area (TPSA) is 40.5 Å². The molecule has 2 N–H and O–H groups in total. The van der Waals surface area contributed by atoms with Crippen LogP contribution in [0.4, 0.5) is 0 Å². The lowest BCUT2D eigenvalue weighted by atomic mass is 9.55. The molecule has 0 radical (unpaired) electrons. The van der Waals surface area contributed by atoms with E-state index < -0.39 is 5.60 Å². The summed E-state index contributed by atoms with van der Waals surface area (Å²) >= 11 is 0. The van der Waals surface area contributed by atoms with Gasteiger partial charge in [-0.15, -0.1) is 0 Å². The third-order valence-corrected chi connectivity index (χ3v) is 5.36. The molecule has 0 unspecified atom stereocenters. The standard InChI is InChI=1S/C15H26O2/c1-11-5-4-7-14(2)8-6-12(9-13(11)14)15(3,17)10-16/h12-13,16-17H,1,4-10H2,2-3H3/t12-,13-,14-,15+/m1/s1. The molecule has 0 aromatic heterocycles. The van der Waals surface area contributed by atoms with Crippen molar-refractivity contribution in [1.82, 2.24) is 0 Å². The van der Waals surface area contributed by atoms with E-state index >= 15 is 0 Å². The summed E-state index contributed by atoms with van der Waals surface area (Å²) in [4.78, 5) is 0. The first-order chi connectivity index (χ1) is 7.89. The minimum Gasteiger partial charge on any atom is -0.393 e. The van der Waals surface area contributed by atoms with Gasteiger partial charge in [0.05, 0.1) is 12.2 Å². The second-order valence-corrected chi connectivity index (χ2v) is 6.71. The highest BCUT2D eigenvalue weighted by atomic mass is 16.3. The van der Waals surface area contributed by atoms with Crippen LogP contribution in [0.5, 0.6) is 0 Å². The number of allylic oxidation sites excluding steroid dienone is 1. The molecule has 0 aromatic rings. The number of aliphatic hydroxyl groups is 2. The van der Waals surface area contributed by atoms with Crippen molar-refractivity contribution < 1.29 is 10.2 Å². The van der Waals surface area contributed by atoms with Crippen LogP contribution >= 0.6 is 0 Å². The number of hydrogen-bond acceptors (Lipinski definition) is 2. The average Bonchev–Trinajstić information content (AvgIpc) is 2.28. The maximum Gasteiger partial charge on any atom is 0.0877 e. The van der Waals surface area contributed by atoms with Crippen molar-refractivity contribution in [2.45, 2.75) is 58.0 Å². The van der Waals surface area contributed by atoms with Crippen molar-refractivity contribution >= 4 is 0 Å². The maximum absolute atomic E-state index is 10.2. The van der Waals surface area contributed by atoms with Crippen LogP contribution in [0, 0.1) is 17.3 Å². The van der Waals surface area contributed by atoms with Gasteiger partial charge in [-0.1, -0.05) is 19.1 Å². The second kappa shape index (κ2) is 4.40. The van der Waals surface area contributed by atoms with E-state index in [4.69, 9.17) is 0 Å². The predicted molar refractivity (Wildman–Crippen MR) is 69.6 cm³/mol. The summed E-state index contributed by atoms with van der Waals surface area (Å²) < 4.78 is 0. The Bertz CT molecular complexity index is 308. The summed E-state index contributed by atoms with van der Waals surface area (Å²) in [7, 11) is 0. The average molecular weight is 238 g/mol. The zero-order valence-electron chi connectivity index (χ0n) is 11.2. The zero-order valence-corrected chi connectivity index (χ0v) is 11.2. The molecule has 0 spiro atoms. The molecule has 2 rings (SSSR count). The van der Waals surface area contributed by atoms with Crippen LogP contribution in [0.25, 0.3) is 0 Å². The minimum atomic E-state index is -0.918. The Labute approximate surface area is 105 Å². The van der Waals surface area contributed by atoms with Crippen LogP contribution in [0.3, 0.4) is 0 Å². The van der Waals surface area contributed by atoms with Gasteiger partial charge in [-0.25, -0.2) is 0 Å². The highest BCUT2D eigenvalue weighted by Gasteiger charge is 2.46. The Kier molecular flexibility index (Phi) is 3.39. The SMILES string of the molecule is C=C1CCC[C@]2(C)CC[C@@H]([C@@](C)(O)CO)C[C@H]12. The molecule has 2 nitrogen and oxygen atoms in total. The molecule has 2 saturated carbocycles. The van der Waals surface area contributed by atoms with Gasteiger partial charge < -0.3 is 10.2 Å². The van der Waals surface area contributed by atoms with Gasteiger partial charge in [0, 0.05) is 0 Å². The summed E-state index contributed by atoms with van der Waals surface area (Å²) in [6, 6.07) is 0. The number of hydrogen-bond donors (Lipinski definition) is 2. The van der Waals surface area contributed by atoms with E-state index in [2.05, 4.69) is 13.5 Å². The largest absolute Gasteiger partial charge is 0.393 e. The van der Waals surface area contributed by atoms with E-state index in [-0.39, 0.29) is 12.5 Å². The first-order valence-corrected chi connectivity index (χ1v) is 6.90. The Morgan fingerprint density at radius 1 is 1.47 bits per heavy atom. The molecule has 2 heteroatoms. The third kappa shape index (κ3) is 2.30. The van der Waals surface area contributed by atoms with Crippen LogP contribution < -0.4 is 0 Å². The van der Waals surface area contributed by atoms with Crippen LogP contribution in [0.1, 0.15) is 52.4 Å². The Balaban J connectivity index is 2.14. The van der Waals surface area contributed by atoms with E-state index in [1.807, 2.05) is 0 Å². The quantitative estimate of drug-likeness (QED) is 0.726. The Hall–Kier alpha value is -0.340. The molecule has 0 bridgehead atoms. The van der Waals surface area contributed by atoms with Crippen molar-refractivity contribution in [2.24, 2.45) is 17.3 Å². The highest BCUT2D eigenvalue weighted by molar-refractivity contribution is 5.13. The molecule has 0 aromatic carbocycles. The van der Waals surface area contributed by atoms with Gasteiger partial charge in [0.1, 0.15) is 0 Å². The molecule has 0 heterocycles. The van der Waals surface area contributed by atoms with E-state index in [0.29, 0.717) is 11.3 Å². The van der Waals surface area contributed by atoms with Gasteiger partial charge in [0.25, 0.3) is 0 Å². The minimum absolute atomic E-state index is 0.131. The van der Waals surface area contributed by atoms with Gasteiger partial charge in [0.2, 0.25) is 0 Å². The molecule has 98 valence electrons. The zero-order chi connectivity index (χ0) is 12.7. The van der Waals surface area contributed by atoms with Gasteiger partial charge in [0.15, 0.2) is 0 Å². The first-order valence-electron chi connectivity index (χ1n) is 6.90. The molecule has 2 aliphatic carbocycles. The summed E-state index contributed by atoms with van der Waals surface area (Å²) in [5.74, 6) is 0.772. The van der Waals surface area contributed by atoms with E-state index in [1.54, 1.807) is 6.92 Å². The number of aliphatic hydroxyl groups excluding tert-OH is 1. The van der Waals surface area contributed by atoms with E-state index in [9.17, 15) is 10.2 Å². The maximum atomic E-state index is 10.2. The molecule has 0 aliphatic heterocycles. The van der Waals surface area contributed by atoms with Gasteiger partial charge in [-0.2, -0.15) is 0 Å². The van der Waals surface area contributed by atoms with Gasteiger partial charge >= 0.3 is 0 Å². The predicted octanol–water partition coefficient (Wildman–Crippen LogP) is 2.89. The highest BCUT2D eigenvalue weighted by Crippen LogP contribution is 2.54. The lowest BCUT2D eigenvalue weighted by molar-refractivity contribution is -0.0821. The summed E-state index contributed by atoms with van der Waals surface area (Å²) in [6.07, 6.45) is 6.92. The van der Waals surface area contributed by atoms with Crippen molar-refractivity contribution in [1.29, 1.82) is 0 Å². The van der Waals surface area contributed by atoms with Crippen LogP contribution in [0.2, 0.25) is 0 Å². The Morgan fingerprint density at radius 3 is 2.82 bits per heavy atom. The second-order valence-electron chi connectivity index (χ2n) is 6.71. The van der Waals surface area contributed by atoms with Crippen molar-refractivity contribution in [3.8, 4) is 0 Å². The van der Waals surface area contributed by atoms with Crippen molar-refractivity contribution in [3.63, 3.8) is 0 Å². The molecule has 0 amide bonds. The normalized spacial score (nSPS) is 41.8. The van der Waals surface area contributed by atoms with E-state index in [1.165, 1.54) is 18.4 Å². The fourth-order valence-electron chi connectivity index (χ4n) is 3.91. The first kappa shape index (κ1) is 13.1. The molecule has 2 aliphatic rings. The van der Waals surface area contributed by atoms with Crippen molar-refractivity contribution in [3.05, 3.63) is 12.2 Å². The third-order valence-electron chi connectivity index (χ3n) is 5.36. The van der Waals surface area contributed by atoms with Gasteiger partial charge in [-0.05, 0) is 62.7 Å². The lowest BCUT2D eigenvalue weighted by Gasteiger charge is -2.51. The molecular formula is C15H26O2. The summed E-state index contributed by atoms with van der Waals surface area (Å²) in [5, 5.41) is 19.5. The van der Waals surface area contributed by atoms with E-state index in [0.717, 1.165) is 25.7 Å². The number of rotatable bonds is 2. The summed E-state index contributed by atoms with van der Waals surface area (Å²) in [5.41, 5.74) is 0.855. The van der Waals surface area contributed by atoms with Crippen LogP contribution in [-0.2, 0) is 0 Å². The molecular weight excluding hydrogens is 212 g/mol. The fourth-order valence-corrected chi connectivity index (χ4v) is 3.91. The number of fused-ring (bicyclic) bond motifs is 1. The molecule has 0 saturated heterocycles. The monoisotopic (exact) mass is 238 g/mol. The lowest BCUT2D eigenvalue weighted by Crippen LogP contribution is -2.46. The van der Waals surface area contributed by atoms with Crippen LogP contribution in [-0.4, -0.2) is 22.4 Å². The van der Waals surface area contributed by atoms with Gasteiger partial charge in [-0.3, -0.25) is 0 Å². The molecule has 2 fully saturated rings. The summed E-state index contributed by atoms with van der Waals surface area (Å²) in [6.45, 7) is 8.26. The molecule has 4 atom stereocenters. The molecule has 17 heavy (non-hydrogen) atoms. The van der Waals surface area contributed by atoms with Crippen molar-refractivity contribution in [2.75, 3.05) is 6.61 Å². The Morgan fingerprint density at radius 2 is 2.18 bits per heavy atom. The van der Waals surface area contributed by atoms with Crippen LogP contribution in [0.15, 0.2) is 12.2 Å². The fraction of sp³-hybridized carbons (Fsp3) is 0.867.